The third-order valence-corrected chi connectivity index (χ3v) is 8.34. The number of benzene rings is 2. The lowest BCUT2D eigenvalue weighted by molar-refractivity contribution is -0.125. The quantitative estimate of drug-likeness (QED) is 0.700. The second-order valence-corrected chi connectivity index (χ2v) is 11.4. The van der Waals surface area contributed by atoms with Gasteiger partial charge >= 0.3 is 0 Å². The average molecular weight is 470 g/mol. The molecule has 4 rings (SSSR count). The molecule has 0 aromatic heterocycles. The molecule has 0 unspecified atom stereocenters. The first-order valence-corrected chi connectivity index (χ1v) is 12.8. The van der Waals surface area contributed by atoms with Crippen molar-refractivity contribution in [3.05, 3.63) is 53.1 Å². The van der Waals surface area contributed by atoms with Gasteiger partial charge in [0, 0.05) is 30.4 Å². The number of carbonyl (C=O) groups is 2. The van der Waals surface area contributed by atoms with Crippen LogP contribution in [0.2, 0.25) is 0 Å². The molecule has 8 heteroatoms. The van der Waals surface area contributed by atoms with Crippen LogP contribution in [0.15, 0.2) is 41.3 Å². The lowest BCUT2D eigenvalue weighted by Gasteiger charge is -2.32. The molecular weight excluding hydrogens is 438 g/mol. The zero-order chi connectivity index (χ0) is 23.9. The highest BCUT2D eigenvalue weighted by Gasteiger charge is 2.37. The highest BCUT2D eigenvalue weighted by molar-refractivity contribution is 7.89. The van der Waals surface area contributed by atoms with Crippen molar-refractivity contribution in [3.63, 3.8) is 0 Å². The van der Waals surface area contributed by atoms with Crippen molar-refractivity contribution < 1.29 is 18.0 Å². The van der Waals surface area contributed by atoms with Gasteiger partial charge in [-0.25, -0.2) is 8.42 Å². The highest BCUT2D eigenvalue weighted by atomic mass is 32.2. The maximum atomic E-state index is 13.2. The van der Waals surface area contributed by atoms with Gasteiger partial charge in [0.2, 0.25) is 21.8 Å². The van der Waals surface area contributed by atoms with Crippen molar-refractivity contribution in [3.8, 4) is 0 Å². The molecular formula is C25H31N3O4S. The van der Waals surface area contributed by atoms with Crippen molar-refractivity contribution in [1.82, 2.24) is 4.31 Å². The third-order valence-electron chi connectivity index (χ3n) is 6.54. The van der Waals surface area contributed by atoms with Gasteiger partial charge in [-0.1, -0.05) is 12.5 Å². The third kappa shape index (κ3) is 4.68. The summed E-state index contributed by atoms with van der Waals surface area (Å²) in [5, 5.41) is 2.78. The number of hydrogen-bond donors (Lipinski definition) is 1. The zero-order valence-corrected chi connectivity index (χ0v) is 20.4. The van der Waals surface area contributed by atoms with Crippen LogP contribution in [-0.2, 0) is 26.0 Å². The number of nitrogens with one attached hydrogen (secondary N) is 1. The Hall–Kier alpha value is -2.71. The van der Waals surface area contributed by atoms with Crippen molar-refractivity contribution >= 4 is 33.2 Å². The Morgan fingerprint density at radius 1 is 1.09 bits per heavy atom. The summed E-state index contributed by atoms with van der Waals surface area (Å²) in [6.45, 7) is 5.58. The molecule has 0 saturated heterocycles. The van der Waals surface area contributed by atoms with Crippen molar-refractivity contribution in [2.24, 2.45) is 5.92 Å². The molecule has 1 fully saturated rings. The largest absolute Gasteiger partial charge is 0.325 e. The molecule has 1 N–H and O–H groups in total. The fourth-order valence-electron chi connectivity index (χ4n) is 4.67. The molecule has 33 heavy (non-hydrogen) atoms. The molecule has 176 valence electrons. The maximum absolute atomic E-state index is 13.2. The Kier molecular flexibility index (Phi) is 6.33. The standard InChI is InChI=1S/C25H31N3O4S/c1-16-10-17(2)12-21(11-16)26-24(29)15-27(4)33(31,32)22-8-9-23-20(14-22)13-18(3)28(23)25(30)19-6-5-7-19/h8-12,14,18-19H,5-7,13,15H2,1-4H3,(H,26,29)/t18-/m0/s1. The first-order valence-electron chi connectivity index (χ1n) is 11.4. The van der Waals surface area contributed by atoms with Crippen LogP contribution >= 0.6 is 0 Å². The Bertz CT molecular complexity index is 1180. The number of aryl methyl sites for hydroxylation is 2. The van der Waals surface area contributed by atoms with Gasteiger partial charge in [0.15, 0.2) is 0 Å². The van der Waals surface area contributed by atoms with Gasteiger partial charge in [0.25, 0.3) is 0 Å². The number of nitrogens with zero attached hydrogens (tertiary/aromatic N) is 2. The lowest BCUT2D eigenvalue weighted by Crippen LogP contribution is -2.42. The first kappa shape index (κ1) is 23.4. The van der Waals surface area contributed by atoms with Crippen LogP contribution in [0, 0.1) is 19.8 Å². The van der Waals surface area contributed by atoms with E-state index >= 15 is 0 Å². The fourth-order valence-corrected chi connectivity index (χ4v) is 5.85. The monoisotopic (exact) mass is 469 g/mol. The van der Waals surface area contributed by atoms with Gasteiger partial charge < -0.3 is 10.2 Å². The second kappa shape index (κ2) is 8.91. The molecule has 0 radical (unpaired) electrons. The van der Waals surface area contributed by atoms with E-state index in [-0.39, 0.29) is 29.3 Å². The van der Waals surface area contributed by atoms with Crippen LogP contribution in [-0.4, -0.2) is 44.2 Å². The van der Waals surface area contributed by atoms with Crippen LogP contribution in [0.1, 0.15) is 42.9 Å². The Morgan fingerprint density at radius 2 is 1.76 bits per heavy atom. The molecule has 1 aliphatic carbocycles. The Balaban J connectivity index is 1.48. The summed E-state index contributed by atoms with van der Waals surface area (Å²) in [6, 6.07) is 10.6. The van der Waals surface area contributed by atoms with E-state index < -0.39 is 15.9 Å². The predicted molar refractivity (Wildman–Crippen MR) is 129 cm³/mol. The molecule has 0 bridgehead atoms. The molecule has 1 atom stereocenters. The van der Waals surface area contributed by atoms with Crippen LogP contribution in [0.4, 0.5) is 11.4 Å². The summed E-state index contributed by atoms with van der Waals surface area (Å²) >= 11 is 0. The number of sulfonamides is 1. The van der Waals surface area contributed by atoms with Gasteiger partial charge in [0.05, 0.1) is 11.4 Å². The first-order chi connectivity index (χ1) is 15.6. The molecule has 2 amide bonds. The molecule has 2 aromatic rings. The van der Waals surface area contributed by atoms with E-state index in [1.54, 1.807) is 12.1 Å². The summed E-state index contributed by atoms with van der Waals surface area (Å²) in [5.41, 5.74) is 4.33. The van der Waals surface area contributed by atoms with Crippen molar-refractivity contribution in [2.45, 2.75) is 57.4 Å². The van der Waals surface area contributed by atoms with Gasteiger partial charge in [-0.15, -0.1) is 0 Å². The summed E-state index contributed by atoms with van der Waals surface area (Å²) in [7, 11) is -2.46. The maximum Gasteiger partial charge on any atom is 0.243 e. The number of likely N-dealkylation sites (N-methyl/N-ethyl adjacent to an activating group) is 1. The minimum Gasteiger partial charge on any atom is -0.325 e. The van der Waals surface area contributed by atoms with E-state index in [4.69, 9.17) is 0 Å². The molecule has 1 saturated carbocycles. The Labute approximate surface area is 195 Å². The van der Waals surface area contributed by atoms with E-state index in [9.17, 15) is 18.0 Å². The predicted octanol–water partition coefficient (Wildman–Crippen LogP) is 3.64. The zero-order valence-electron chi connectivity index (χ0n) is 19.6. The second-order valence-electron chi connectivity index (χ2n) is 9.37. The fraction of sp³-hybridized carbons (Fsp3) is 0.440. The van der Waals surface area contributed by atoms with Gasteiger partial charge in [0.1, 0.15) is 0 Å². The highest BCUT2D eigenvalue weighted by Crippen LogP contribution is 2.38. The van der Waals surface area contributed by atoms with E-state index in [1.807, 2.05) is 43.9 Å². The summed E-state index contributed by atoms with van der Waals surface area (Å²) in [6.07, 6.45) is 3.57. The van der Waals surface area contributed by atoms with Crippen LogP contribution < -0.4 is 10.2 Å². The lowest BCUT2D eigenvalue weighted by atomic mass is 9.84. The molecule has 0 spiro atoms. The number of carbonyl (C=O) groups excluding carboxylic acids is 2. The molecule has 1 heterocycles. The number of anilines is 2. The van der Waals surface area contributed by atoms with Crippen LogP contribution in [0.5, 0.6) is 0 Å². The SMILES string of the molecule is Cc1cc(C)cc(NC(=O)CN(C)S(=O)(=O)c2ccc3c(c2)C[C@H](C)N3C(=O)C2CCC2)c1. The Morgan fingerprint density at radius 3 is 2.36 bits per heavy atom. The van der Waals surface area contributed by atoms with E-state index in [2.05, 4.69) is 5.32 Å². The van der Waals surface area contributed by atoms with Crippen LogP contribution in [0.3, 0.4) is 0 Å². The number of hydrogen-bond acceptors (Lipinski definition) is 4. The minimum atomic E-state index is -3.86. The van der Waals surface area contributed by atoms with Crippen molar-refractivity contribution in [1.29, 1.82) is 0 Å². The number of rotatable bonds is 6. The van der Waals surface area contributed by atoms with Crippen LogP contribution in [0.25, 0.3) is 0 Å². The minimum absolute atomic E-state index is 0.00680. The van der Waals surface area contributed by atoms with E-state index in [0.29, 0.717) is 12.1 Å². The normalized spacial score (nSPS) is 18.2. The summed E-state index contributed by atoms with van der Waals surface area (Å²) in [5.74, 6) is -0.176. The summed E-state index contributed by atoms with van der Waals surface area (Å²) in [4.78, 5) is 27.3. The van der Waals surface area contributed by atoms with Gasteiger partial charge in [-0.05, 0) is 87.1 Å². The van der Waals surface area contributed by atoms with Gasteiger partial charge in [-0.3, -0.25) is 9.59 Å². The van der Waals surface area contributed by atoms with Crippen molar-refractivity contribution in [2.75, 3.05) is 23.8 Å². The van der Waals surface area contributed by atoms with E-state index in [0.717, 1.165) is 45.9 Å². The summed E-state index contributed by atoms with van der Waals surface area (Å²) < 4.78 is 27.4. The number of amides is 2. The molecule has 2 aromatic carbocycles. The average Bonchev–Trinajstić information content (AvgIpc) is 3.00. The van der Waals surface area contributed by atoms with Gasteiger partial charge in [-0.2, -0.15) is 4.31 Å². The topological polar surface area (TPSA) is 86.8 Å². The molecule has 1 aliphatic heterocycles. The smallest absolute Gasteiger partial charge is 0.243 e. The molecule has 2 aliphatic rings. The number of fused-ring (bicyclic) bond motifs is 1. The van der Waals surface area contributed by atoms with E-state index in [1.165, 1.54) is 13.1 Å². The molecule has 7 nitrogen and oxygen atoms in total.